The van der Waals surface area contributed by atoms with Crippen LogP contribution in [0.4, 0.5) is 5.95 Å². The number of rotatable bonds is 4. The van der Waals surface area contributed by atoms with Crippen molar-refractivity contribution in [2.75, 3.05) is 11.9 Å². The third-order valence-corrected chi connectivity index (χ3v) is 3.34. The first kappa shape index (κ1) is 11.9. The van der Waals surface area contributed by atoms with E-state index in [2.05, 4.69) is 25.5 Å². The van der Waals surface area contributed by atoms with E-state index in [9.17, 15) is 0 Å². The number of aromatic nitrogens is 5. The number of anilines is 1. The fourth-order valence-corrected chi connectivity index (χ4v) is 2.41. The van der Waals surface area contributed by atoms with E-state index in [1.165, 1.54) is 11.8 Å². The lowest BCUT2D eigenvalue weighted by Crippen LogP contribution is -2.01. The maximum absolute atomic E-state index is 4.40. The van der Waals surface area contributed by atoms with Gasteiger partial charge in [0, 0.05) is 18.9 Å². The van der Waals surface area contributed by atoms with Crippen molar-refractivity contribution in [3.05, 3.63) is 36.7 Å². The third-order valence-electron chi connectivity index (χ3n) is 2.44. The van der Waals surface area contributed by atoms with Crippen molar-refractivity contribution in [1.82, 2.24) is 24.6 Å². The molecular weight excluding hydrogens is 260 g/mol. The van der Waals surface area contributed by atoms with Gasteiger partial charge < -0.3 is 5.32 Å². The summed E-state index contributed by atoms with van der Waals surface area (Å²) in [4.78, 5) is 8.55. The molecule has 19 heavy (non-hydrogen) atoms. The minimum atomic E-state index is 0.626. The number of fused-ring (bicyclic) bond motifs is 1. The number of pyridine rings is 1. The first-order valence-electron chi connectivity index (χ1n) is 5.91. The summed E-state index contributed by atoms with van der Waals surface area (Å²) in [6.07, 6.45) is 3.67. The van der Waals surface area contributed by atoms with E-state index in [0.29, 0.717) is 5.95 Å². The van der Waals surface area contributed by atoms with Crippen LogP contribution in [-0.4, -0.2) is 31.1 Å². The molecule has 0 saturated carbocycles. The van der Waals surface area contributed by atoms with Gasteiger partial charge in [0.05, 0.1) is 0 Å². The van der Waals surface area contributed by atoms with Gasteiger partial charge in [-0.05, 0) is 36.9 Å². The van der Waals surface area contributed by atoms with E-state index in [-0.39, 0.29) is 0 Å². The topological polar surface area (TPSA) is 68.0 Å². The van der Waals surface area contributed by atoms with Crippen LogP contribution in [0.5, 0.6) is 0 Å². The van der Waals surface area contributed by atoms with Crippen LogP contribution in [0.3, 0.4) is 0 Å². The Morgan fingerprint density at radius 1 is 1.26 bits per heavy atom. The normalized spacial score (nSPS) is 10.8. The van der Waals surface area contributed by atoms with Gasteiger partial charge in [-0.15, -0.1) is 10.2 Å². The molecule has 3 aromatic rings. The maximum atomic E-state index is 4.40. The second-order valence-electron chi connectivity index (χ2n) is 3.76. The van der Waals surface area contributed by atoms with E-state index < -0.39 is 0 Å². The SMILES string of the molecule is CCNc1nccc(Sc2nnc3ccccn23)n1. The Balaban J connectivity index is 1.90. The molecule has 0 fully saturated rings. The summed E-state index contributed by atoms with van der Waals surface area (Å²) in [6, 6.07) is 7.66. The number of nitrogens with one attached hydrogen (secondary N) is 1. The molecule has 0 spiro atoms. The van der Waals surface area contributed by atoms with Crippen molar-refractivity contribution >= 4 is 23.4 Å². The highest BCUT2D eigenvalue weighted by molar-refractivity contribution is 7.99. The van der Waals surface area contributed by atoms with Gasteiger partial charge in [-0.3, -0.25) is 4.40 Å². The molecule has 0 saturated heterocycles. The van der Waals surface area contributed by atoms with Crippen LogP contribution in [0.25, 0.3) is 5.65 Å². The minimum Gasteiger partial charge on any atom is -0.354 e. The van der Waals surface area contributed by atoms with Crippen molar-refractivity contribution in [3.63, 3.8) is 0 Å². The summed E-state index contributed by atoms with van der Waals surface area (Å²) < 4.78 is 1.93. The molecule has 3 rings (SSSR count). The Morgan fingerprint density at radius 3 is 3.11 bits per heavy atom. The lowest BCUT2D eigenvalue weighted by molar-refractivity contribution is 0.914. The van der Waals surface area contributed by atoms with E-state index >= 15 is 0 Å². The van der Waals surface area contributed by atoms with Crippen LogP contribution in [0.15, 0.2) is 46.8 Å². The van der Waals surface area contributed by atoms with Crippen LogP contribution in [0.1, 0.15) is 6.92 Å². The van der Waals surface area contributed by atoms with Crippen molar-refractivity contribution in [1.29, 1.82) is 0 Å². The number of hydrogen-bond acceptors (Lipinski definition) is 6. The van der Waals surface area contributed by atoms with Crippen LogP contribution in [0.2, 0.25) is 0 Å². The second kappa shape index (κ2) is 5.23. The first-order chi connectivity index (χ1) is 9.36. The standard InChI is InChI=1S/C12H12N6S/c1-2-13-11-14-7-6-10(15-11)19-12-17-16-9-5-3-4-8-18(9)12/h3-8H,2H2,1H3,(H,13,14,15). The zero-order valence-electron chi connectivity index (χ0n) is 10.3. The van der Waals surface area contributed by atoms with Gasteiger partial charge in [0.25, 0.3) is 0 Å². The van der Waals surface area contributed by atoms with Crippen LogP contribution in [0, 0.1) is 0 Å². The van der Waals surface area contributed by atoms with E-state index in [0.717, 1.165) is 22.4 Å². The third kappa shape index (κ3) is 2.50. The predicted molar refractivity (Wildman–Crippen MR) is 73.3 cm³/mol. The van der Waals surface area contributed by atoms with Crippen molar-refractivity contribution < 1.29 is 0 Å². The fourth-order valence-electron chi connectivity index (χ4n) is 1.62. The largest absolute Gasteiger partial charge is 0.354 e. The molecule has 3 heterocycles. The van der Waals surface area contributed by atoms with Crippen LogP contribution in [-0.2, 0) is 0 Å². The van der Waals surface area contributed by atoms with Gasteiger partial charge in [0.2, 0.25) is 11.1 Å². The molecule has 0 bridgehead atoms. The Bertz CT molecular complexity index is 695. The molecule has 0 radical (unpaired) electrons. The molecular formula is C12H12N6S. The smallest absolute Gasteiger partial charge is 0.223 e. The maximum Gasteiger partial charge on any atom is 0.223 e. The zero-order valence-corrected chi connectivity index (χ0v) is 11.1. The van der Waals surface area contributed by atoms with Crippen molar-refractivity contribution in [2.45, 2.75) is 17.1 Å². The molecule has 0 aliphatic heterocycles. The molecule has 0 amide bonds. The predicted octanol–water partition coefficient (Wildman–Crippen LogP) is 2.10. The van der Waals surface area contributed by atoms with Crippen molar-refractivity contribution in [2.24, 2.45) is 0 Å². The quantitative estimate of drug-likeness (QED) is 0.734. The fraction of sp³-hybridized carbons (Fsp3) is 0.167. The number of hydrogen-bond donors (Lipinski definition) is 1. The van der Waals surface area contributed by atoms with E-state index in [1.807, 2.05) is 41.8 Å². The Labute approximate surface area is 114 Å². The summed E-state index contributed by atoms with van der Waals surface area (Å²) >= 11 is 1.46. The van der Waals surface area contributed by atoms with Gasteiger partial charge in [-0.1, -0.05) is 6.07 Å². The summed E-state index contributed by atoms with van der Waals surface area (Å²) in [5, 5.41) is 13.0. The molecule has 96 valence electrons. The highest BCUT2D eigenvalue weighted by atomic mass is 32.2. The molecule has 0 aromatic carbocycles. The van der Waals surface area contributed by atoms with Crippen molar-refractivity contribution in [3.8, 4) is 0 Å². The lowest BCUT2D eigenvalue weighted by Gasteiger charge is -2.03. The average Bonchev–Trinajstić information content (AvgIpc) is 2.83. The molecule has 6 nitrogen and oxygen atoms in total. The summed E-state index contributed by atoms with van der Waals surface area (Å²) in [5.74, 6) is 0.626. The second-order valence-corrected chi connectivity index (χ2v) is 4.75. The van der Waals surface area contributed by atoms with Crippen LogP contribution >= 0.6 is 11.8 Å². The van der Waals surface area contributed by atoms with Gasteiger partial charge in [0.15, 0.2) is 5.65 Å². The highest BCUT2D eigenvalue weighted by Gasteiger charge is 2.08. The molecule has 0 atom stereocenters. The zero-order chi connectivity index (χ0) is 13.1. The summed E-state index contributed by atoms with van der Waals surface area (Å²) in [6.45, 7) is 2.80. The summed E-state index contributed by atoms with van der Waals surface area (Å²) in [7, 11) is 0. The van der Waals surface area contributed by atoms with Gasteiger partial charge in [0.1, 0.15) is 5.03 Å². The van der Waals surface area contributed by atoms with Crippen LogP contribution < -0.4 is 5.32 Å². The van der Waals surface area contributed by atoms with E-state index in [4.69, 9.17) is 0 Å². The minimum absolute atomic E-state index is 0.626. The molecule has 0 aliphatic rings. The molecule has 1 N–H and O–H groups in total. The molecule has 7 heteroatoms. The van der Waals surface area contributed by atoms with E-state index in [1.54, 1.807) is 6.20 Å². The Morgan fingerprint density at radius 2 is 2.21 bits per heavy atom. The molecule has 0 unspecified atom stereocenters. The first-order valence-corrected chi connectivity index (χ1v) is 6.73. The highest BCUT2D eigenvalue weighted by Crippen LogP contribution is 2.24. The average molecular weight is 272 g/mol. The summed E-state index contributed by atoms with van der Waals surface area (Å²) in [5.41, 5.74) is 0.825. The van der Waals surface area contributed by atoms with Gasteiger partial charge >= 0.3 is 0 Å². The molecule has 0 aliphatic carbocycles. The van der Waals surface area contributed by atoms with Gasteiger partial charge in [-0.2, -0.15) is 0 Å². The molecule has 3 aromatic heterocycles. The Hall–Kier alpha value is -2.15. The Kier molecular flexibility index (Phi) is 3.28. The van der Waals surface area contributed by atoms with Gasteiger partial charge in [-0.25, -0.2) is 9.97 Å². The number of nitrogens with zero attached hydrogens (tertiary/aromatic N) is 5. The lowest BCUT2D eigenvalue weighted by atomic mass is 10.5. The monoisotopic (exact) mass is 272 g/mol.